The minimum Gasteiger partial charge on any atom is -0.392 e. The smallest absolute Gasteiger partial charge is 0.0662 e. The average molecular weight is 334 g/mol. The Morgan fingerprint density at radius 1 is 0.708 bits per heavy atom. The van der Waals surface area contributed by atoms with Crippen LogP contribution in [0.4, 0.5) is 0 Å². The van der Waals surface area contributed by atoms with Crippen molar-refractivity contribution in [3.05, 3.63) is 48.6 Å². The van der Waals surface area contributed by atoms with Crippen molar-refractivity contribution in [1.29, 1.82) is 0 Å². The molecule has 0 bridgehead atoms. The van der Waals surface area contributed by atoms with Crippen molar-refractivity contribution >= 4 is 0 Å². The molecular weight excluding hydrogens is 294 g/mol. The lowest BCUT2D eigenvalue weighted by Crippen LogP contribution is -2.19. The molecule has 0 spiro atoms. The van der Waals surface area contributed by atoms with E-state index in [1.807, 2.05) is 0 Å². The van der Waals surface area contributed by atoms with Gasteiger partial charge in [-0.25, -0.2) is 0 Å². The van der Waals surface area contributed by atoms with E-state index in [1.165, 1.54) is 25.7 Å². The molecule has 24 heavy (non-hydrogen) atoms. The van der Waals surface area contributed by atoms with Gasteiger partial charge in [0.2, 0.25) is 0 Å². The summed E-state index contributed by atoms with van der Waals surface area (Å²) in [5, 5.41) is 9.33. The van der Waals surface area contributed by atoms with Crippen molar-refractivity contribution in [3.8, 4) is 0 Å². The van der Waals surface area contributed by atoms with E-state index < -0.39 is 0 Å². The molecule has 0 aromatic heterocycles. The Kier molecular flexibility index (Phi) is 19.0. The second-order valence-corrected chi connectivity index (χ2v) is 6.26. The topological polar surface area (TPSA) is 46.2 Å². The Balaban J connectivity index is 3.39. The zero-order chi connectivity index (χ0) is 17.7. The van der Waals surface area contributed by atoms with E-state index in [0.29, 0.717) is 6.54 Å². The molecule has 0 fully saturated rings. The van der Waals surface area contributed by atoms with Crippen molar-refractivity contribution in [2.75, 3.05) is 6.54 Å². The minimum atomic E-state index is -0.318. The number of unbranched alkanes of at least 4 members (excludes halogenated alkanes) is 5. The fourth-order valence-corrected chi connectivity index (χ4v) is 2.32. The van der Waals surface area contributed by atoms with E-state index in [2.05, 4.69) is 55.5 Å². The highest BCUT2D eigenvalue weighted by Gasteiger charge is 1.98. The summed E-state index contributed by atoms with van der Waals surface area (Å²) in [7, 11) is 0. The van der Waals surface area contributed by atoms with Crippen molar-refractivity contribution < 1.29 is 5.11 Å². The van der Waals surface area contributed by atoms with E-state index in [9.17, 15) is 5.11 Å². The highest BCUT2D eigenvalue weighted by molar-refractivity contribution is 4.99. The highest BCUT2D eigenvalue weighted by Crippen LogP contribution is 2.04. The molecule has 0 saturated heterocycles. The lowest BCUT2D eigenvalue weighted by atomic mass is 10.1. The van der Waals surface area contributed by atoms with Gasteiger partial charge in [0.1, 0.15) is 0 Å². The van der Waals surface area contributed by atoms with Crippen LogP contribution in [0.5, 0.6) is 0 Å². The largest absolute Gasteiger partial charge is 0.392 e. The summed E-state index contributed by atoms with van der Waals surface area (Å²) in [6, 6.07) is 0. The van der Waals surface area contributed by atoms with Crippen LogP contribution in [-0.2, 0) is 0 Å². The molecule has 0 aromatic rings. The van der Waals surface area contributed by atoms with Crippen LogP contribution in [0.15, 0.2) is 48.6 Å². The van der Waals surface area contributed by atoms with Gasteiger partial charge in [-0.15, -0.1) is 0 Å². The molecule has 0 aliphatic heterocycles. The first kappa shape index (κ1) is 22.9. The fraction of sp³-hybridized carbons (Fsp3) is 0.636. The zero-order valence-corrected chi connectivity index (χ0v) is 15.7. The van der Waals surface area contributed by atoms with Gasteiger partial charge in [-0.2, -0.15) is 0 Å². The molecule has 1 unspecified atom stereocenters. The Morgan fingerprint density at radius 2 is 1.17 bits per heavy atom. The SMILES string of the molecule is CCCCC/C=C\C/C=C\C/C=C\C/C=C\CCCCC(O)CN. The molecule has 0 aromatic carbocycles. The van der Waals surface area contributed by atoms with Crippen molar-refractivity contribution in [1.82, 2.24) is 0 Å². The lowest BCUT2D eigenvalue weighted by Gasteiger charge is -2.05. The van der Waals surface area contributed by atoms with Gasteiger partial charge < -0.3 is 10.8 Å². The first-order valence-electron chi connectivity index (χ1n) is 9.79. The van der Waals surface area contributed by atoms with Crippen LogP contribution < -0.4 is 5.73 Å². The van der Waals surface area contributed by atoms with Gasteiger partial charge in [-0.05, 0) is 51.4 Å². The molecule has 0 saturated carbocycles. The summed E-state index contributed by atoms with van der Waals surface area (Å²) in [4.78, 5) is 0. The number of hydrogen-bond acceptors (Lipinski definition) is 2. The molecule has 0 aliphatic carbocycles. The van der Waals surface area contributed by atoms with Gasteiger partial charge in [0.05, 0.1) is 6.10 Å². The molecule has 1 atom stereocenters. The predicted octanol–water partition coefficient (Wildman–Crippen LogP) is 5.84. The summed E-state index contributed by atoms with van der Waals surface area (Å²) in [5.74, 6) is 0. The van der Waals surface area contributed by atoms with Gasteiger partial charge in [-0.3, -0.25) is 0 Å². The third kappa shape index (κ3) is 18.9. The number of hydrogen-bond donors (Lipinski definition) is 2. The van der Waals surface area contributed by atoms with Crippen molar-refractivity contribution in [2.45, 2.75) is 83.7 Å². The van der Waals surface area contributed by atoms with Crippen molar-refractivity contribution in [2.24, 2.45) is 5.73 Å². The molecule has 0 rings (SSSR count). The van der Waals surface area contributed by atoms with E-state index >= 15 is 0 Å². The van der Waals surface area contributed by atoms with Crippen LogP contribution in [0.1, 0.15) is 77.6 Å². The molecular formula is C22H39NO. The summed E-state index contributed by atoms with van der Waals surface area (Å²) in [5.41, 5.74) is 5.37. The van der Waals surface area contributed by atoms with Gasteiger partial charge in [0.25, 0.3) is 0 Å². The van der Waals surface area contributed by atoms with Gasteiger partial charge in [0.15, 0.2) is 0 Å². The maximum Gasteiger partial charge on any atom is 0.0662 e. The van der Waals surface area contributed by atoms with E-state index in [-0.39, 0.29) is 6.10 Å². The monoisotopic (exact) mass is 333 g/mol. The zero-order valence-electron chi connectivity index (χ0n) is 15.7. The molecule has 0 radical (unpaired) electrons. The van der Waals surface area contributed by atoms with Crippen LogP contribution >= 0.6 is 0 Å². The van der Waals surface area contributed by atoms with Crippen LogP contribution in [0.3, 0.4) is 0 Å². The first-order valence-corrected chi connectivity index (χ1v) is 9.79. The Labute approximate surface area is 150 Å². The van der Waals surface area contributed by atoms with Crippen LogP contribution in [0, 0.1) is 0 Å². The summed E-state index contributed by atoms with van der Waals surface area (Å²) >= 11 is 0. The second-order valence-electron chi connectivity index (χ2n) is 6.26. The molecule has 0 aliphatic rings. The normalized spacial score (nSPS) is 14.0. The minimum absolute atomic E-state index is 0.318. The first-order chi connectivity index (χ1) is 11.8. The van der Waals surface area contributed by atoms with Gasteiger partial charge in [0, 0.05) is 6.54 Å². The predicted molar refractivity (Wildman–Crippen MR) is 108 cm³/mol. The third-order valence-electron chi connectivity index (χ3n) is 3.89. The van der Waals surface area contributed by atoms with Gasteiger partial charge in [-0.1, -0.05) is 74.8 Å². The number of aliphatic hydroxyl groups is 1. The average Bonchev–Trinajstić information content (AvgIpc) is 2.60. The van der Waals surface area contributed by atoms with Crippen LogP contribution in [0.2, 0.25) is 0 Å². The van der Waals surface area contributed by atoms with E-state index in [1.54, 1.807) is 0 Å². The summed E-state index contributed by atoms with van der Waals surface area (Å²) < 4.78 is 0. The quantitative estimate of drug-likeness (QED) is 0.275. The van der Waals surface area contributed by atoms with E-state index in [0.717, 1.165) is 44.9 Å². The van der Waals surface area contributed by atoms with Crippen LogP contribution in [0.25, 0.3) is 0 Å². The third-order valence-corrected chi connectivity index (χ3v) is 3.89. The summed E-state index contributed by atoms with van der Waals surface area (Å²) in [6.07, 6.45) is 30.0. The lowest BCUT2D eigenvalue weighted by molar-refractivity contribution is 0.169. The summed E-state index contributed by atoms with van der Waals surface area (Å²) in [6.45, 7) is 2.62. The van der Waals surface area contributed by atoms with E-state index in [4.69, 9.17) is 5.73 Å². The molecule has 2 nitrogen and oxygen atoms in total. The maximum absolute atomic E-state index is 9.33. The Morgan fingerprint density at radius 3 is 1.62 bits per heavy atom. The second kappa shape index (κ2) is 19.9. The number of aliphatic hydroxyl groups excluding tert-OH is 1. The number of nitrogens with two attached hydrogens (primary N) is 1. The molecule has 0 heterocycles. The molecule has 3 N–H and O–H groups in total. The highest BCUT2D eigenvalue weighted by atomic mass is 16.3. The Hall–Kier alpha value is -1.12. The standard InChI is InChI=1S/C22H39NO/c1-2-3-4-5-6-7-8-9-10-11-12-13-14-15-16-17-18-19-20-22(24)21-23/h6-7,9-10,12-13,15-16,22,24H,2-5,8,11,14,17-21,23H2,1H3/b7-6-,10-9-,13-12-,16-15-. The fourth-order valence-electron chi connectivity index (χ4n) is 2.32. The van der Waals surface area contributed by atoms with Gasteiger partial charge >= 0.3 is 0 Å². The Bertz CT molecular complexity index is 355. The molecule has 2 heteroatoms. The van der Waals surface area contributed by atoms with Crippen LogP contribution in [-0.4, -0.2) is 17.8 Å². The maximum atomic E-state index is 9.33. The molecule has 138 valence electrons. The number of allylic oxidation sites excluding steroid dienone is 8. The van der Waals surface area contributed by atoms with Crippen molar-refractivity contribution in [3.63, 3.8) is 0 Å². The number of rotatable bonds is 16. The molecule has 0 amide bonds.